The van der Waals surface area contributed by atoms with Crippen LogP contribution in [-0.4, -0.2) is 37.7 Å². The number of carbonyl (C=O) groups is 2. The quantitative estimate of drug-likeness (QED) is 0.602. The van der Waals surface area contributed by atoms with Crippen LogP contribution in [-0.2, 0) is 25.5 Å². The van der Waals surface area contributed by atoms with Gasteiger partial charge in [-0.25, -0.2) is 0 Å². The molecular formula is C21H27NO4. The zero-order chi connectivity index (χ0) is 18.2. The van der Waals surface area contributed by atoms with Crippen molar-refractivity contribution < 1.29 is 19.1 Å². The fourth-order valence-electron chi connectivity index (χ4n) is 3.53. The molecular weight excluding hydrogens is 330 g/mol. The van der Waals surface area contributed by atoms with Crippen LogP contribution in [0, 0.1) is 11.8 Å². The molecule has 0 unspecified atom stereocenters. The summed E-state index contributed by atoms with van der Waals surface area (Å²) in [6.45, 7) is 1.60. The standard InChI is InChI=1S/C21H27NO4/c23-20(22-13-12-16-7-2-1-3-8-16)18-10-4-5-11-19(18)21(24)26-15-17-9-6-14-25-17/h1-5,7-8,17-19H,6,9-15H2,(H,22,23)/t17-,18+,19+/m0/s1. The summed E-state index contributed by atoms with van der Waals surface area (Å²) in [6, 6.07) is 10.0. The van der Waals surface area contributed by atoms with Crippen LogP contribution in [0.25, 0.3) is 0 Å². The molecule has 0 saturated carbocycles. The number of rotatable bonds is 7. The van der Waals surface area contributed by atoms with Crippen LogP contribution in [0.1, 0.15) is 31.2 Å². The Morgan fingerprint density at radius 1 is 1.12 bits per heavy atom. The maximum absolute atomic E-state index is 12.6. The highest BCUT2D eigenvalue weighted by Gasteiger charge is 2.35. The zero-order valence-electron chi connectivity index (χ0n) is 15.1. The van der Waals surface area contributed by atoms with Crippen molar-refractivity contribution >= 4 is 11.9 Å². The number of carbonyl (C=O) groups excluding carboxylic acids is 2. The molecule has 1 heterocycles. The van der Waals surface area contributed by atoms with Crippen LogP contribution < -0.4 is 5.32 Å². The lowest BCUT2D eigenvalue weighted by Gasteiger charge is -2.26. The largest absolute Gasteiger partial charge is 0.463 e. The first-order chi connectivity index (χ1) is 12.7. The van der Waals surface area contributed by atoms with Gasteiger partial charge >= 0.3 is 5.97 Å². The van der Waals surface area contributed by atoms with Crippen molar-refractivity contribution in [3.05, 3.63) is 48.0 Å². The van der Waals surface area contributed by atoms with E-state index in [1.807, 2.05) is 42.5 Å². The predicted octanol–water partition coefficient (Wildman–Crippen LogP) is 2.65. The number of hydrogen-bond donors (Lipinski definition) is 1. The van der Waals surface area contributed by atoms with Gasteiger partial charge in [0.15, 0.2) is 0 Å². The van der Waals surface area contributed by atoms with Crippen molar-refractivity contribution in [1.82, 2.24) is 5.32 Å². The highest BCUT2D eigenvalue weighted by molar-refractivity contribution is 5.86. The number of hydrogen-bond acceptors (Lipinski definition) is 4. The molecule has 0 spiro atoms. The van der Waals surface area contributed by atoms with E-state index in [4.69, 9.17) is 9.47 Å². The number of esters is 1. The Balaban J connectivity index is 1.48. The second-order valence-corrected chi connectivity index (χ2v) is 6.95. The van der Waals surface area contributed by atoms with Crippen LogP contribution in [0.5, 0.6) is 0 Å². The van der Waals surface area contributed by atoms with E-state index in [-0.39, 0.29) is 23.9 Å². The highest BCUT2D eigenvalue weighted by Crippen LogP contribution is 2.27. The molecule has 2 aliphatic rings. The molecule has 0 radical (unpaired) electrons. The van der Waals surface area contributed by atoms with E-state index in [0.29, 0.717) is 26.0 Å². The summed E-state index contributed by atoms with van der Waals surface area (Å²) in [4.78, 5) is 25.1. The first-order valence-electron chi connectivity index (χ1n) is 9.49. The summed E-state index contributed by atoms with van der Waals surface area (Å²) in [5.74, 6) is -1.11. The molecule has 1 aliphatic heterocycles. The third-order valence-electron chi connectivity index (χ3n) is 5.06. The van der Waals surface area contributed by atoms with E-state index < -0.39 is 5.92 Å². The molecule has 1 aromatic rings. The third-order valence-corrected chi connectivity index (χ3v) is 5.06. The lowest BCUT2D eigenvalue weighted by molar-refractivity contribution is -0.156. The molecule has 3 rings (SSSR count). The van der Waals surface area contributed by atoms with Gasteiger partial charge in [0.25, 0.3) is 0 Å². The van der Waals surface area contributed by atoms with E-state index in [1.54, 1.807) is 0 Å². The summed E-state index contributed by atoms with van der Waals surface area (Å²) in [5, 5.41) is 2.98. The first-order valence-corrected chi connectivity index (χ1v) is 9.49. The zero-order valence-corrected chi connectivity index (χ0v) is 15.1. The molecule has 140 valence electrons. The van der Waals surface area contributed by atoms with Crippen LogP contribution in [0.3, 0.4) is 0 Å². The Labute approximate surface area is 154 Å². The Morgan fingerprint density at radius 2 is 1.88 bits per heavy atom. The van der Waals surface area contributed by atoms with Gasteiger partial charge in [0.2, 0.25) is 5.91 Å². The Hall–Kier alpha value is -2.14. The molecule has 1 aliphatic carbocycles. The smallest absolute Gasteiger partial charge is 0.310 e. The number of benzene rings is 1. The number of nitrogens with one attached hydrogen (secondary N) is 1. The van der Waals surface area contributed by atoms with Gasteiger partial charge in [-0.2, -0.15) is 0 Å². The summed E-state index contributed by atoms with van der Waals surface area (Å²) in [7, 11) is 0. The normalized spacial score (nSPS) is 25.0. The second kappa shape index (κ2) is 9.53. The van der Waals surface area contributed by atoms with Gasteiger partial charge in [-0.05, 0) is 37.7 Å². The van der Waals surface area contributed by atoms with Gasteiger partial charge in [0.1, 0.15) is 6.61 Å². The minimum absolute atomic E-state index is 0.0104. The molecule has 1 N–H and O–H groups in total. The first kappa shape index (κ1) is 18.6. The monoisotopic (exact) mass is 357 g/mol. The summed E-state index contributed by atoms with van der Waals surface area (Å²) in [5.41, 5.74) is 1.18. The lowest BCUT2D eigenvalue weighted by Crippen LogP contribution is -2.40. The molecule has 26 heavy (non-hydrogen) atoms. The number of allylic oxidation sites excluding steroid dienone is 2. The minimum Gasteiger partial charge on any atom is -0.463 e. The van der Waals surface area contributed by atoms with E-state index in [2.05, 4.69) is 5.32 Å². The van der Waals surface area contributed by atoms with Gasteiger partial charge in [-0.15, -0.1) is 0 Å². The Bertz CT molecular complexity index is 622. The average Bonchev–Trinajstić information content (AvgIpc) is 3.20. The molecule has 1 saturated heterocycles. The minimum atomic E-state index is -0.405. The maximum atomic E-state index is 12.6. The molecule has 0 aromatic heterocycles. The molecule has 3 atom stereocenters. The van der Waals surface area contributed by atoms with Gasteiger partial charge in [0, 0.05) is 13.2 Å². The van der Waals surface area contributed by atoms with Crippen LogP contribution in [0.15, 0.2) is 42.5 Å². The van der Waals surface area contributed by atoms with Crippen LogP contribution >= 0.6 is 0 Å². The van der Waals surface area contributed by atoms with Crippen molar-refractivity contribution in [2.75, 3.05) is 19.8 Å². The molecule has 1 fully saturated rings. The van der Waals surface area contributed by atoms with Crippen molar-refractivity contribution in [1.29, 1.82) is 0 Å². The SMILES string of the molecule is O=C(NCCc1ccccc1)[C@@H]1CC=CC[C@H]1C(=O)OC[C@@H]1CCCO1. The van der Waals surface area contributed by atoms with Gasteiger partial charge in [0.05, 0.1) is 17.9 Å². The molecule has 5 heteroatoms. The third kappa shape index (κ3) is 5.18. The molecule has 1 amide bonds. The molecule has 1 aromatic carbocycles. The van der Waals surface area contributed by atoms with Crippen molar-refractivity contribution in [2.24, 2.45) is 11.8 Å². The lowest BCUT2D eigenvalue weighted by atomic mass is 9.82. The molecule has 5 nitrogen and oxygen atoms in total. The predicted molar refractivity (Wildman–Crippen MR) is 98.4 cm³/mol. The Kier molecular flexibility index (Phi) is 6.83. The molecule has 0 bridgehead atoms. The van der Waals surface area contributed by atoms with Crippen molar-refractivity contribution in [2.45, 2.75) is 38.2 Å². The van der Waals surface area contributed by atoms with Crippen molar-refractivity contribution in [3.63, 3.8) is 0 Å². The van der Waals surface area contributed by atoms with Crippen LogP contribution in [0.2, 0.25) is 0 Å². The summed E-state index contributed by atoms with van der Waals surface area (Å²) in [6.07, 6.45) is 7.82. The fourth-order valence-corrected chi connectivity index (χ4v) is 3.53. The summed E-state index contributed by atoms with van der Waals surface area (Å²) < 4.78 is 10.9. The van der Waals surface area contributed by atoms with E-state index >= 15 is 0 Å². The number of amides is 1. The summed E-state index contributed by atoms with van der Waals surface area (Å²) >= 11 is 0. The van der Waals surface area contributed by atoms with E-state index in [9.17, 15) is 9.59 Å². The van der Waals surface area contributed by atoms with Gasteiger partial charge < -0.3 is 14.8 Å². The van der Waals surface area contributed by atoms with Crippen LogP contribution in [0.4, 0.5) is 0 Å². The van der Waals surface area contributed by atoms with E-state index in [1.165, 1.54) is 5.56 Å². The van der Waals surface area contributed by atoms with Crippen molar-refractivity contribution in [3.8, 4) is 0 Å². The van der Waals surface area contributed by atoms with E-state index in [0.717, 1.165) is 25.9 Å². The van der Waals surface area contributed by atoms with Gasteiger partial charge in [-0.1, -0.05) is 42.5 Å². The maximum Gasteiger partial charge on any atom is 0.310 e. The number of ether oxygens (including phenoxy) is 2. The van der Waals surface area contributed by atoms with Gasteiger partial charge in [-0.3, -0.25) is 9.59 Å². The fraction of sp³-hybridized carbons (Fsp3) is 0.524. The topological polar surface area (TPSA) is 64.6 Å². The second-order valence-electron chi connectivity index (χ2n) is 6.95. The average molecular weight is 357 g/mol. The Morgan fingerprint density at radius 3 is 2.62 bits per heavy atom. The highest BCUT2D eigenvalue weighted by atomic mass is 16.6.